The van der Waals surface area contributed by atoms with Crippen LogP contribution in [0.15, 0.2) is 64.0 Å². The predicted molar refractivity (Wildman–Crippen MR) is 112 cm³/mol. The Balaban J connectivity index is 1.32. The van der Waals surface area contributed by atoms with Gasteiger partial charge in [0.05, 0.1) is 24.8 Å². The van der Waals surface area contributed by atoms with E-state index in [1.165, 1.54) is 10.7 Å². The number of furan rings is 1. The van der Waals surface area contributed by atoms with E-state index < -0.39 is 0 Å². The lowest BCUT2D eigenvalue weighted by Gasteiger charge is -2.33. The maximum atomic E-state index is 13.0. The molecule has 8 nitrogen and oxygen atoms in total. The van der Waals surface area contributed by atoms with Gasteiger partial charge in [-0.2, -0.15) is 5.10 Å². The number of nitrogens with one attached hydrogen (secondary N) is 1. The molecule has 0 aliphatic carbocycles. The minimum absolute atomic E-state index is 0.0399. The molecule has 3 aromatic rings. The molecule has 0 saturated carbocycles. The summed E-state index contributed by atoms with van der Waals surface area (Å²) < 4.78 is 6.86. The minimum atomic E-state index is -0.320. The molecule has 2 amide bonds. The molecule has 5 rings (SSSR count). The number of nitrogens with zero attached hydrogens (tertiary/aromatic N) is 3. The highest BCUT2D eigenvalue weighted by molar-refractivity contribution is 5.99. The summed E-state index contributed by atoms with van der Waals surface area (Å²) in [4.78, 5) is 39.4. The molecular formula is C23H22N4O4. The third-order valence-electron chi connectivity index (χ3n) is 5.96. The largest absolute Gasteiger partial charge is 0.463 e. The van der Waals surface area contributed by atoms with Gasteiger partial charge in [0.15, 0.2) is 5.76 Å². The zero-order chi connectivity index (χ0) is 21.4. The highest BCUT2D eigenvalue weighted by Gasteiger charge is 2.33. The Morgan fingerprint density at radius 1 is 1.13 bits per heavy atom. The average molecular weight is 418 g/mol. The van der Waals surface area contributed by atoms with E-state index in [9.17, 15) is 14.4 Å². The van der Waals surface area contributed by atoms with Crippen LogP contribution in [0.1, 0.15) is 47.3 Å². The number of likely N-dealkylation sites (tertiary alicyclic amines) is 1. The van der Waals surface area contributed by atoms with Gasteiger partial charge in [-0.15, -0.1) is 0 Å². The summed E-state index contributed by atoms with van der Waals surface area (Å²) in [6, 6.07) is 13.5. The Morgan fingerprint density at radius 3 is 2.84 bits per heavy atom. The van der Waals surface area contributed by atoms with Gasteiger partial charge in [0, 0.05) is 24.7 Å². The smallest absolute Gasteiger partial charge is 0.267 e. The maximum Gasteiger partial charge on any atom is 0.267 e. The number of carbonyl (C=O) groups is 2. The molecule has 0 radical (unpaired) electrons. The van der Waals surface area contributed by atoms with Crippen LogP contribution in [0.5, 0.6) is 0 Å². The minimum Gasteiger partial charge on any atom is -0.463 e. The van der Waals surface area contributed by atoms with Crippen molar-refractivity contribution in [3.63, 3.8) is 0 Å². The van der Waals surface area contributed by atoms with E-state index in [1.807, 2.05) is 18.2 Å². The molecule has 4 heterocycles. The monoisotopic (exact) mass is 418 g/mol. The molecule has 1 aromatic carbocycles. The zero-order valence-electron chi connectivity index (χ0n) is 16.9. The molecule has 31 heavy (non-hydrogen) atoms. The fraction of sp³-hybridized carbons (Fsp3) is 0.304. The Kier molecular flexibility index (Phi) is 4.89. The standard InChI is InChI=1S/C23H22N4O4/c28-21-10-9-18(20-8-4-12-31-20)25-27(21)15-5-3-11-26(14-15)22(29)13-19-16-6-1-2-7-17(16)23(30)24-19/h1-2,4,6-10,12,15,19H,3,5,11,13-14H2,(H,24,30)/t15-,19+/m1/s1. The first-order chi connectivity index (χ1) is 15.1. The van der Waals surface area contributed by atoms with Crippen molar-refractivity contribution in [1.29, 1.82) is 0 Å². The quantitative estimate of drug-likeness (QED) is 0.702. The summed E-state index contributed by atoms with van der Waals surface area (Å²) in [5, 5.41) is 7.39. The lowest BCUT2D eigenvalue weighted by molar-refractivity contribution is -0.133. The molecule has 2 atom stereocenters. The summed E-state index contributed by atoms with van der Waals surface area (Å²) in [7, 11) is 0. The molecule has 1 N–H and O–H groups in total. The third-order valence-corrected chi connectivity index (χ3v) is 5.96. The van der Waals surface area contributed by atoms with Crippen molar-refractivity contribution in [1.82, 2.24) is 20.0 Å². The molecule has 8 heteroatoms. The van der Waals surface area contributed by atoms with Crippen LogP contribution in [0.4, 0.5) is 0 Å². The predicted octanol–water partition coefficient (Wildman–Crippen LogP) is 2.54. The van der Waals surface area contributed by atoms with Crippen LogP contribution in [-0.2, 0) is 4.79 Å². The van der Waals surface area contributed by atoms with Crippen molar-refractivity contribution in [2.24, 2.45) is 0 Å². The van der Waals surface area contributed by atoms with Crippen LogP contribution in [0, 0.1) is 0 Å². The molecule has 0 spiro atoms. The van der Waals surface area contributed by atoms with Crippen molar-refractivity contribution in [2.75, 3.05) is 13.1 Å². The number of fused-ring (bicyclic) bond motifs is 1. The molecule has 158 valence electrons. The van der Waals surface area contributed by atoms with Crippen LogP contribution in [0.25, 0.3) is 11.5 Å². The topological polar surface area (TPSA) is 97.4 Å². The normalized spacial score (nSPS) is 20.4. The summed E-state index contributed by atoms with van der Waals surface area (Å²) in [6.07, 6.45) is 3.31. The van der Waals surface area contributed by atoms with E-state index in [0.717, 1.165) is 18.4 Å². The van der Waals surface area contributed by atoms with Crippen molar-refractivity contribution >= 4 is 11.8 Å². The van der Waals surface area contributed by atoms with Crippen molar-refractivity contribution in [3.8, 4) is 11.5 Å². The van der Waals surface area contributed by atoms with Gasteiger partial charge in [-0.05, 0) is 42.7 Å². The SMILES string of the molecule is O=C1N[C@@H](CC(=O)N2CCC[C@@H](n3nc(-c4ccco4)ccc3=O)C2)c2ccccc21. The fourth-order valence-corrected chi connectivity index (χ4v) is 4.41. The highest BCUT2D eigenvalue weighted by atomic mass is 16.3. The van der Waals surface area contributed by atoms with Crippen LogP contribution >= 0.6 is 0 Å². The van der Waals surface area contributed by atoms with Crippen LogP contribution in [-0.4, -0.2) is 39.6 Å². The second kappa shape index (κ2) is 7.86. The summed E-state index contributed by atoms with van der Waals surface area (Å²) >= 11 is 0. The number of hydrogen-bond donors (Lipinski definition) is 1. The Labute approximate surface area is 178 Å². The third kappa shape index (κ3) is 3.65. The number of aromatic nitrogens is 2. The maximum absolute atomic E-state index is 13.0. The van der Waals surface area contributed by atoms with E-state index in [-0.39, 0.29) is 35.9 Å². The summed E-state index contributed by atoms with van der Waals surface area (Å²) in [6.45, 7) is 1.04. The number of piperidine rings is 1. The van der Waals surface area contributed by atoms with Crippen LogP contribution < -0.4 is 10.9 Å². The van der Waals surface area contributed by atoms with Crippen molar-refractivity contribution in [2.45, 2.75) is 31.3 Å². The van der Waals surface area contributed by atoms with Crippen LogP contribution in [0.3, 0.4) is 0 Å². The molecule has 2 aliphatic rings. The van der Waals surface area contributed by atoms with Gasteiger partial charge in [-0.3, -0.25) is 14.4 Å². The number of amides is 2. The molecule has 1 saturated heterocycles. The van der Waals surface area contributed by atoms with Gasteiger partial charge in [0.2, 0.25) is 5.91 Å². The Hall–Kier alpha value is -3.68. The van der Waals surface area contributed by atoms with Crippen LogP contribution in [0.2, 0.25) is 0 Å². The number of benzene rings is 1. The second-order valence-electron chi connectivity index (χ2n) is 7.93. The Bertz CT molecular complexity index is 1180. The summed E-state index contributed by atoms with van der Waals surface area (Å²) in [5.74, 6) is 0.408. The van der Waals surface area contributed by atoms with Gasteiger partial charge in [0.1, 0.15) is 5.69 Å². The van der Waals surface area contributed by atoms with E-state index in [0.29, 0.717) is 30.1 Å². The highest BCUT2D eigenvalue weighted by Crippen LogP contribution is 2.29. The van der Waals surface area contributed by atoms with Gasteiger partial charge >= 0.3 is 0 Å². The lowest BCUT2D eigenvalue weighted by atomic mass is 10.0. The first-order valence-electron chi connectivity index (χ1n) is 10.4. The first kappa shape index (κ1) is 19.3. The molecule has 2 aliphatic heterocycles. The second-order valence-corrected chi connectivity index (χ2v) is 7.93. The zero-order valence-corrected chi connectivity index (χ0v) is 16.9. The fourth-order valence-electron chi connectivity index (χ4n) is 4.41. The van der Waals surface area contributed by atoms with Gasteiger partial charge in [0.25, 0.3) is 11.5 Å². The molecule has 2 aromatic heterocycles. The van der Waals surface area contributed by atoms with Gasteiger partial charge < -0.3 is 14.6 Å². The van der Waals surface area contributed by atoms with Crippen molar-refractivity contribution < 1.29 is 14.0 Å². The Morgan fingerprint density at radius 2 is 2.00 bits per heavy atom. The van der Waals surface area contributed by atoms with E-state index >= 15 is 0 Å². The van der Waals surface area contributed by atoms with Gasteiger partial charge in [-0.1, -0.05) is 18.2 Å². The number of hydrogen-bond acceptors (Lipinski definition) is 5. The number of carbonyl (C=O) groups excluding carboxylic acids is 2. The van der Waals surface area contributed by atoms with Gasteiger partial charge in [-0.25, -0.2) is 4.68 Å². The summed E-state index contributed by atoms with van der Waals surface area (Å²) in [5.41, 5.74) is 1.87. The molecule has 0 bridgehead atoms. The van der Waals surface area contributed by atoms with Crippen molar-refractivity contribution in [3.05, 3.63) is 76.3 Å². The first-order valence-corrected chi connectivity index (χ1v) is 10.4. The molecular weight excluding hydrogens is 396 g/mol. The van der Waals surface area contributed by atoms with E-state index in [4.69, 9.17) is 4.42 Å². The molecule has 0 unspecified atom stereocenters. The average Bonchev–Trinajstić information content (AvgIpc) is 3.43. The molecule has 1 fully saturated rings. The van der Waals surface area contributed by atoms with E-state index in [2.05, 4.69) is 10.4 Å². The van der Waals surface area contributed by atoms with E-state index in [1.54, 1.807) is 35.4 Å². The lowest BCUT2D eigenvalue weighted by Crippen LogP contribution is -2.44. The number of rotatable bonds is 4.